The summed E-state index contributed by atoms with van der Waals surface area (Å²) in [5.74, 6) is -1.84. The molecule has 0 saturated carbocycles. The summed E-state index contributed by atoms with van der Waals surface area (Å²) in [6.45, 7) is 2.44. The van der Waals surface area contributed by atoms with E-state index in [2.05, 4.69) is 6.92 Å². The molecule has 0 aliphatic heterocycles. The van der Waals surface area contributed by atoms with Gasteiger partial charge in [-0.05, 0) is 6.42 Å². The van der Waals surface area contributed by atoms with E-state index in [1.54, 1.807) is 0 Å². The molecule has 0 amide bonds. The fourth-order valence-corrected chi connectivity index (χ4v) is 2.35. The van der Waals surface area contributed by atoms with E-state index in [1.807, 2.05) is 0 Å². The Kier molecular flexibility index (Phi) is 22.2. The maximum absolute atomic E-state index is 11.0. The topological polar surface area (TPSA) is 155 Å². The van der Waals surface area contributed by atoms with Crippen molar-refractivity contribution < 1.29 is 71.0 Å². The predicted molar refractivity (Wildman–Crippen MR) is 94.5 cm³/mol. The number of esters is 1. The summed E-state index contributed by atoms with van der Waals surface area (Å²) in [6.07, 6.45) is 11.8. The van der Waals surface area contributed by atoms with Crippen molar-refractivity contribution in [1.82, 2.24) is 0 Å². The van der Waals surface area contributed by atoms with Gasteiger partial charge in [0.2, 0.25) is 0 Å². The van der Waals surface area contributed by atoms with E-state index in [4.69, 9.17) is 26.8 Å². The van der Waals surface area contributed by atoms with E-state index >= 15 is 0 Å². The molecule has 0 aromatic rings. The van der Waals surface area contributed by atoms with Crippen LogP contribution in [-0.2, 0) is 30.0 Å². The van der Waals surface area contributed by atoms with Crippen LogP contribution in [-0.4, -0.2) is 48.8 Å². The summed E-state index contributed by atoms with van der Waals surface area (Å²) < 4.78 is 65.5. The summed E-state index contributed by atoms with van der Waals surface area (Å²) in [5, 5.41) is 0. The van der Waals surface area contributed by atoms with Crippen LogP contribution in [0.25, 0.3) is 0 Å². The minimum Gasteiger partial charge on any atom is -1.00 e. The Morgan fingerprint density at radius 3 is 1.50 bits per heavy atom. The van der Waals surface area contributed by atoms with Gasteiger partial charge in [0.15, 0.2) is 5.75 Å². The summed E-state index contributed by atoms with van der Waals surface area (Å²) in [7, 11) is -8.93. The zero-order valence-corrected chi connectivity index (χ0v) is 19.2. The Bertz CT molecular complexity index is 531. The number of unbranched alkanes of at least 4 members (excludes halogenated alkanes) is 9. The average molecular weight is 431 g/mol. The Labute approximate surface area is 180 Å². The molecule has 0 heterocycles. The van der Waals surface area contributed by atoms with E-state index in [9.17, 15) is 13.2 Å². The van der Waals surface area contributed by atoms with Crippen LogP contribution >= 0.6 is 0 Å². The van der Waals surface area contributed by atoms with E-state index < -0.39 is 32.2 Å². The van der Waals surface area contributed by atoms with Crippen LogP contribution < -0.4 is 29.6 Å². The maximum Gasteiger partial charge on any atom is 1.00 e. The Balaban J connectivity index is -0.000000333. The first-order valence-electron chi connectivity index (χ1n) is 8.26. The number of carbonyl (C=O) groups excluding carboxylic acids is 1. The van der Waals surface area contributed by atoms with Crippen molar-refractivity contribution in [2.75, 3.05) is 12.4 Å². The summed E-state index contributed by atoms with van der Waals surface area (Å²) in [4.78, 5) is 11.0. The van der Waals surface area contributed by atoms with Crippen LogP contribution in [0.5, 0.6) is 0 Å². The van der Waals surface area contributed by atoms with Crippen LogP contribution in [0.1, 0.15) is 72.6 Å². The standard InChI is InChI=1S/C14H28O5S.Na.H2O4S.H/c1-2-3-4-5-6-7-8-9-10-11-12-19-14(15)13-20(16,17)18;;1-5(2,3)4;/h2-13H2,1H3,(H,16,17,18);;(H2,1,2,3,4);/q;+1;;-1. The second-order valence-electron chi connectivity index (χ2n) is 5.58. The van der Waals surface area contributed by atoms with Gasteiger partial charge in [-0.15, -0.1) is 0 Å². The summed E-state index contributed by atoms with van der Waals surface area (Å²) in [5.41, 5.74) is 0. The van der Waals surface area contributed by atoms with Crippen molar-refractivity contribution in [2.24, 2.45) is 0 Å². The molecule has 0 radical (unpaired) electrons. The van der Waals surface area contributed by atoms with Crippen LogP contribution in [0, 0.1) is 0 Å². The third-order valence-corrected chi connectivity index (χ3v) is 3.66. The van der Waals surface area contributed by atoms with Crippen molar-refractivity contribution >= 4 is 26.5 Å². The molecule has 0 aromatic heterocycles. The molecule has 9 nitrogen and oxygen atoms in total. The van der Waals surface area contributed by atoms with Crippen molar-refractivity contribution in [2.45, 2.75) is 71.1 Å². The number of rotatable bonds is 13. The number of hydrogen-bond donors (Lipinski definition) is 3. The average Bonchev–Trinajstić information content (AvgIpc) is 2.41. The van der Waals surface area contributed by atoms with Gasteiger partial charge in [0.25, 0.3) is 10.1 Å². The molecule has 0 unspecified atom stereocenters. The van der Waals surface area contributed by atoms with Crippen molar-refractivity contribution in [3.8, 4) is 0 Å². The summed E-state index contributed by atoms with van der Waals surface area (Å²) >= 11 is 0. The molecule has 0 atom stereocenters. The summed E-state index contributed by atoms with van der Waals surface area (Å²) in [6, 6.07) is 0. The molecule has 0 rings (SSSR count). The van der Waals surface area contributed by atoms with Crippen LogP contribution in [0.2, 0.25) is 0 Å². The minimum absolute atomic E-state index is 0. The van der Waals surface area contributed by atoms with E-state index in [1.165, 1.54) is 44.9 Å². The molecular formula is C14H31NaO9S2. The molecule has 0 fully saturated rings. The zero-order chi connectivity index (χ0) is 19.8. The monoisotopic (exact) mass is 430 g/mol. The Morgan fingerprint density at radius 2 is 1.15 bits per heavy atom. The molecule has 26 heavy (non-hydrogen) atoms. The van der Waals surface area contributed by atoms with Crippen molar-refractivity contribution in [3.63, 3.8) is 0 Å². The maximum atomic E-state index is 11.0. The SMILES string of the molecule is CCCCCCCCCCCCOC(=O)CS(=O)(=O)O.O=S(=O)(O)O.[H-].[Na+]. The van der Waals surface area contributed by atoms with Gasteiger partial charge in [-0.3, -0.25) is 18.5 Å². The first-order valence-corrected chi connectivity index (χ1v) is 11.3. The normalized spacial score (nSPS) is 11.1. The molecule has 154 valence electrons. The Morgan fingerprint density at radius 1 is 0.808 bits per heavy atom. The van der Waals surface area contributed by atoms with Gasteiger partial charge in [0, 0.05) is 0 Å². The smallest absolute Gasteiger partial charge is 1.00 e. The van der Waals surface area contributed by atoms with Gasteiger partial charge < -0.3 is 6.16 Å². The third-order valence-electron chi connectivity index (χ3n) is 3.06. The quantitative estimate of drug-likeness (QED) is 0.156. The van der Waals surface area contributed by atoms with Gasteiger partial charge in [0.05, 0.1) is 6.61 Å². The van der Waals surface area contributed by atoms with Gasteiger partial charge in [0.1, 0.15) is 0 Å². The van der Waals surface area contributed by atoms with E-state index in [-0.39, 0.29) is 37.6 Å². The van der Waals surface area contributed by atoms with Crippen LogP contribution in [0.4, 0.5) is 0 Å². The fourth-order valence-electron chi connectivity index (χ4n) is 1.97. The molecule has 0 aliphatic carbocycles. The molecule has 12 heteroatoms. The third kappa shape index (κ3) is 39.4. The molecule has 0 bridgehead atoms. The van der Waals surface area contributed by atoms with Crippen molar-refractivity contribution in [3.05, 3.63) is 0 Å². The van der Waals surface area contributed by atoms with Crippen LogP contribution in [0.15, 0.2) is 0 Å². The fraction of sp³-hybridized carbons (Fsp3) is 0.929. The number of carbonyl (C=O) groups is 1. The van der Waals surface area contributed by atoms with Gasteiger partial charge in [-0.2, -0.15) is 16.8 Å². The second-order valence-corrected chi connectivity index (χ2v) is 7.92. The number of ether oxygens (including phenoxy) is 1. The van der Waals surface area contributed by atoms with Crippen LogP contribution in [0.3, 0.4) is 0 Å². The molecule has 3 N–H and O–H groups in total. The first-order chi connectivity index (χ1) is 11.5. The molecule has 0 aliphatic rings. The first kappa shape index (κ1) is 31.0. The van der Waals surface area contributed by atoms with Crippen molar-refractivity contribution in [1.29, 1.82) is 0 Å². The molecule has 0 spiro atoms. The van der Waals surface area contributed by atoms with Gasteiger partial charge >= 0.3 is 45.9 Å². The van der Waals surface area contributed by atoms with Gasteiger partial charge in [-0.1, -0.05) is 64.7 Å². The van der Waals surface area contributed by atoms with E-state index in [0.717, 1.165) is 19.3 Å². The zero-order valence-electron chi connectivity index (χ0n) is 16.6. The molecule has 0 aromatic carbocycles. The molecular weight excluding hydrogens is 399 g/mol. The predicted octanol–water partition coefficient (Wildman–Crippen LogP) is -0.198. The largest absolute Gasteiger partial charge is 1.00 e. The minimum atomic E-state index is -4.67. The Hall–Kier alpha value is 0.250. The van der Waals surface area contributed by atoms with E-state index in [0.29, 0.717) is 0 Å². The second kappa shape index (κ2) is 18.6. The molecule has 0 saturated heterocycles. The number of hydrogen-bond acceptors (Lipinski definition) is 6. The van der Waals surface area contributed by atoms with Gasteiger partial charge in [-0.25, -0.2) is 0 Å².